The van der Waals surface area contributed by atoms with Crippen LogP contribution in [0, 0.1) is 5.92 Å². The van der Waals surface area contributed by atoms with Crippen molar-refractivity contribution in [3.05, 3.63) is 28.5 Å². The molecule has 1 heterocycles. The first-order valence-corrected chi connectivity index (χ1v) is 7.49. The van der Waals surface area contributed by atoms with Crippen LogP contribution in [0.1, 0.15) is 31.7 Å². The van der Waals surface area contributed by atoms with Crippen LogP contribution in [0.15, 0.2) is 27.2 Å². The van der Waals surface area contributed by atoms with E-state index in [4.69, 9.17) is 15.0 Å². The minimum atomic E-state index is -0.0466. The SMILES string of the molecule is CCOC(c1noc(-c2ccc(N)c(Br)c2)n1)C1CC1. The zero-order chi connectivity index (χ0) is 14.1. The zero-order valence-corrected chi connectivity index (χ0v) is 12.8. The van der Waals surface area contributed by atoms with Crippen molar-refractivity contribution < 1.29 is 9.26 Å². The van der Waals surface area contributed by atoms with Crippen molar-refractivity contribution in [2.75, 3.05) is 12.3 Å². The first kappa shape index (κ1) is 13.6. The van der Waals surface area contributed by atoms with Gasteiger partial charge < -0.3 is 15.0 Å². The zero-order valence-electron chi connectivity index (χ0n) is 11.2. The highest BCUT2D eigenvalue weighted by Crippen LogP contribution is 2.42. The number of aromatic nitrogens is 2. The number of rotatable bonds is 5. The van der Waals surface area contributed by atoms with Crippen LogP contribution < -0.4 is 5.73 Å². The lowest BCUT2D eigenvalue weighted by Gasteiger charge is -2.10. The molecule has 1 unspecified atom stereocenters. The normalized spacial score (nSPS) is 16.3. The molecule has 2 aromatic rings. The Morgan fingerprint density at radius 3 is 2.95 bits per heavy atom. The van der Waals surface area contributed by atoms with Crippen LogP contribution in [0.25, 0.3) is 11.5 Å². The van der Waals surface area contributed by atoms with Crippen LogP contribution >= 0.6 is 15.9 Å². The van der Waals surface area contributed by atoms with Gasteiger partial charge in [0.2, 0.25) is 5.82 Å². The highest BCUT2D eigenvalue weighted by Gasteiger charge is 2.36. The second-order valence-electron chi connectivity index (χ2n) is 4.91. The Kier molecular flexibility index (Phi) is 3.76. The Balaban J connectivity index is 1.86. The minimum absolute atomic E-state index is 0.0466. The molecule has 1 aliphatic rings. The summed E-state index contributed by atoms with van der Waals surface area (Å²) in [5.41, 5.74) is 7.30. The van der Waals surface area contributed by atoms with Gasteiger partial charge in [0.1, 0.15) is 6.10 Å². The Morgan fingerprint density at radius 2 is 2.30 bits per heavy atom. The molecule has 3 rings (SSSR count). The molecule has 0 radical (unpaired) electrons. The monoisotopic (exact) mass is 337 g/mol. The average molecular weight is 338 g/mol. The van der Waals surface area contributed by atoms with E-state index in [2.05, 4.69) is 26.1 Å². The summed E-state index contributed by atoms with van der Waals surface area (Å²) >= 11 is 3.40. The van der Waals surface area contributed by atoms with Crippen LogP contribution in [0.3, 0.4) is 0 Å². The molecule has 1 aliphatic carbocycles. The van der Waals surface area contributed by atoms with Gasteiger partial charge in [0.15, 0.2) is 0 Å². The number of nitrogens with zero attached hydrogens (tertiary/aromatic N) is 2. The third-order valence-electron chi connectivity index (χ3n) is 3.34. The predicted molar refractivity (Wildman–Crippen MR) is 78.9 cm³/mol. The van der Waals surface area contributed by atoms with E-state index in [1.807, 2.05) is 25.1 Å². The smallest absolute Gasteiger partial charge is 0.258 e. The maximum absolute atomic E-state index is 5.77. The fourth-order valence-corrected chi connectivity index (χ4v) is 2.51. The number of anilines is 1. The molecule has 1 aromatic heterocycles. The van der Waals surface area contributed by atoms with Crippen molar-refractivity contribution in [2.24, 2.45) is 5.92 Å². The Morgan fingerprint density at radius 1 is 1.50 bits per heavy atom. The molecule has 0 amide bonds. The Hall–Kier alpha value is -1.40. The predicted octanol–water partition coefficient (Wildman–Crippen LogP) is 3.57. The number of nitrogen functional groups attached to an aromatic ring is 1. The second-order valence-corrected chi connectivity index (χ2v) is 5.76. The van der Waals surface area contributed by atoms with Crippen LogP contribution in [0.2, 0.25) is 0 Å². The summed E-state index contributed by atoms with van der Waals surface area (Å²) in [6, 6.07) is 5.55. The fraction of sp³-hybridized carbons (Fsp3) is 0.429. The lowest BCUT2D eigenvalue weighted by molar-refractivity contribution is 0.0385. The fourth-order valence-electron chi connectivity index (χ4n) is 2.13. The summed E-state index contributed by atoms with van der Waals surface area (Å²) in [5.74, 6) is 1.65. The molecule has 0 spiro atoms. The molecule has 1 saturated carbocycles. The maximum atomic E-state index is 5.77. The largest absolute Gasteiger partial charge is 0.398 e. The molecular formula is C14H16BrN3O2. The van der Waals surface area contributed by atoms with Gasteiger partial charge in [0, 0.05) is 22.3 Å². The van der Waals surface area contributed by atoms with Gasteiger partial charge in [-0.2, -0.15) is 4.98 Å². The van der Waals surface area contributed by atoms with Crippen LogP contribution in [-0.4, -0.2) is 16.7 Å². The molecule has 1 aromatic carbocycles. The molecule has 5 nitrogen and oxygen atoms in total. The maximum Gasteiger partial charge on any atom is 0.258 e. The van der Waals surface area contributed by atoms with Gasteiger partial charge in [-0.05, 0) is 59.8 Å². The third-order valence-corrected chi connectivity index (χ3v) is 4.03. The molecule has 0 saturated heterocycles. The average Bonchev–Trinajstić information content (AvgIpc) is 3.16. The number of benzene rings is 1. The van der Waals surface area contributed by atoms with Gasteiger partial charge in [-0.15, -0.1) is 0 Å². The topological polar surface area (TPSA) is 74.2 Å². The lowest BCUT2D eigenvalue weighted by Crippen LogP contribution is -2.08. The van der Waals surface area contributed by atoms with Gasteiger partial charge in [-0.1, -0.05) is 5.16 Å². The quantitative estimate of drug-likeness (QED) is 0.844. The van der Waals surface area contributed by atoms with Gasteiger partial charge in [0.25, 0.3) is 5.89 Å². The van der Waals surface area contributed by atoms with E-state index >= 15 is 0 Å². The Labute approximate surface area is 125 Å². The molecule has 106 valence electrons. The highest BCUT2D eigenvalue weighted by molar-refractivity contribution is 9.10. The third kappa shape index (κ3) is 2.71. The van der Waals surface area contributed by atoms with E-state index in [0.29, 0.717) is 29.9 Å². The number of nitrogens with two attached hydrogens (primary N) is 1. The summed E-state index contributed by atoms with van der Waals surface area (Å²) in [6.07, 6.45) is 2.29. The number of halogens is 1. The molecule has 0 bridgehead atoms. The van der Waals surface area contributed by atoms with Gasteiger partial charge in [-0.25, -0.2) is 0 Å². The summed E-state index contributed by atoms with van der Waals surface area (Å²) in [6.45, 7) is 2.63. The van der Waals surface area contributed by atoms with E-state index in [1.54, 1.807) is 0 Å². The summed E-state index contributed by atoms with van der Waals surface area (Å²) < 4.78 is 11.9. The lowest BCUT2D eigenvalue weighted by atomic mass is 10.2. The summed E-state index contributed by atoms with van der Waals surface area (Å²) in [7, 11) is 0. The van der Waals surface area contributed by atoms with Crippen LogP contribution in [-0.2, 0) is 4.74 Å². The van der Waals surface area contributed by atoms with Crippen molar-refractivity contribution >= 4 is 21.6 Å². The van der Waals surface area contributed by atoms with E-state index < -0.39 is 0 Å². The van der Waals surface area contributed by atoms with E-state index in [0.717, 1.165) is 10.0 Å². The molecule has 2 N–H and O–H groups in total. The molecule has 0 aliphatic heterocycles. The Bertz CT molecular complexity index is 610. The van der Waals surface area contributed by atoms with Crippen LogP contribution in [0.4, 0.5) is 5.69 Å². The highest BCUT2D eigenvalue weighted by atomic mass is 79.9. The van der Waals surface area contributed by atoms with Crippen molar-refractivity contribution in [2.45, 2.75) is 25.9 Å². The minimum Gasteiger partial charge on any atom is -0.398 e. The first-order valence-electron chi connectivity index (χ1n) is 6.69. The number of hydrogen-bond acceptors (Lipinski definition) is 5. The molecule has 1 fully saturated rings. The molecular weight excluding hydrogens is 322 g/mol. The van der Waals surface area contributed by atoms with Crippen LogP contribution in [0.5, 0.6) is 0 Å². The molecule has 6 heteroatoms. The van der Waals surface area contributed by atoms with Gasteiger partial charge >= 0.3 is 0 Å². The van der Waals surface area contributed by atoms with Gasteiger partial charge in [-0.3, -0.25) is 0 Å². The first-order chi connectivity index (χ1) is 9.69. The summed E-state index contributed by atoms with van der Waals surface area (Å²) in [5, 5.41) is 4.07. The van der Waals surface area contributed by atoms with Crippen molar-refractivity contribution in [3.63, 3.8) is 0 Å². The van der Waals surface area contributed by atoms with Crippen molar-refractivity contribution in [3.8, 4) is 11.5 Å². The van der Waals surface area contributed by atoms with Crippen molar-refractivity contribution in [1.29, 1.82) is 0 Å². The standard InChI is InChI=1S/C14H16BrN3O2/c1-2-19-12(8-3-4-8)13-17-14(20-18-13)9-5-6-11(16)10(15)7-9/h5-8,12H,2-4,16H2,1H3. The second kappa shape index (κ2) is 5.54. The number of ether oxygens (including phenoxy) is 1. The van der Waals surface area contributed by atoms with E-state index in [9.17, 15) is 0 Å². The van der Waals surface area contributed by atoms with Gasteiger partial charge in [0.05, 0.1) is 0 Å². The number of hydrogen-bond donors (Lipinski definition) is 1. The molecule has 1 atom stereocenters. The molecule has 20 heavy (non-hydrogen) atoms. The van der Waals surface area contributed by atoms with E-state index in [-0.39, 0.29) is 6.10 Å². The summed E-state index contributed by atoms with van der Waals surface area (Å²) in [4.78, 5) is 4.47. The van der Waals surface area contributed by atoms with Crippen molar-refractivity contribution in [1.82, 2.24) is 10.1 Å². The van der Waals surface area contributed by atoms with E-state index in [1.165, 1.54) is 12.8 Å².